The van der Waals surface area contributed by atoms with Crippen LogP contribution in [0.1, 0.15) is 5.56 Å². The molecule has 0 bridgehead atoms. The van der Waals surface area contributed by atoms with Crippen LogP contribution >= 0.6 is 0 Å². The topological polar surface area (TPSA) is 47.6 Å². The Morgan fingerprint density at radius 1 is 1.33 bits per heavy atom. The normalized spacial score (nSPS) is 9.47. The van der Waals surface area contributed by atoms with Gasteiger partial charge < -0.3 is 14.8 Å². The fourth-order valence-electron chi connectivity index (χ4n) is 1.28. The van der Waals surface area contributed by atoms with E-state index in [2.05, 4.69) is 10.1 Å². The lowest BCUT2D eigenvalue weighted by Gasteiger charge is -2.08. The fourth-order valence-corrected chi connectivity index (χ4v) is 1.28. The zero-order valence-corrected chi connectivity index (χ0v) is 8.95. The number of carbonyl (C=O) groups is 1. The van der Waals surface area contributed by atoms with E-state index in [9.17, 15) is 4.79 Å². The minimum Gasteiger partial charge on any atom is -0.496 e. The van der Waals surface area contributed by atoms with Crippen molar-refractivity contribution in [3.63, 3.8) is 0 Å². The highest BCUT2D eigenvalue weighted by atomic mass is 16.5. The number of rotatable bonds is 4. The van der Waals surface area contributed by atoms with Crippen molar-refractivity contribution in [2.24, 2.45) is 0 Å². The van der Waals surface area contributed by atoms with Gasteiger partial charge in [0.05, 0.1) is 14.2 Å². The molecule has 0 unspecified atom stereocenters. The fraction of sp³-hybridized carbons (Fsp3) is 0.364. The summed E-state index contributed by atoms with van der Waals surface area (Å²) in [5.41, 5.74) is 1.07. The summed E-state index contributed by atoms with van der Waals surface area (Å²) in [4.78, 5) is 10.8. The average molecular weight is 209 g/mol. The standard InChI is InChI=1S/C11H15NO3/c1-14-10-6-4-3-5-9(10)7-8-12-11(13)15-2/h3-6H,7-8H2,1-2H3,(H,12,13). The van der Waals surface area contributed by atoms with Crippen LogP contribution in [0.25, 0.3) is 0 Å². The number of nitrogens with one attached hydrogen (secondary N) is 1. The second-order valence-corrected chi connectivity index (χ2v) is 2.98. The van der Waals surface area contributed by atoms with Crippen molar-refractivity contribution in [2.45, 2.75) is 6.42 Å². The molecule has 0 aromatic heterocycles. The maximum Gasteiger partial charge on any atom is 0.406 e. The summed E-state index contributed by atoms with van der Waals surface area (Å²) in [5.74, 6) is 0.837. The Kier molecular flexibility index (Phi) is 4.47. The summed E-state index contributed by atoms with van der Waals surface area (Å²) in [5, 5.41) is 2.62. The van der Waals surface area contributed by atoms with Crippen molar-refractivity contribution in [3.8, 4) is 5.75 Å². The first-order valence-corrected chi connectivity index (χ1v) is 4.71. The number of methoxy groups -OCH3 is 2. The van der Waals surface area contributed by atoms with Gasteiger partial charge in [-0.15, -0.1) is 0 Å². The van der Waals surface area contributed by atoms with Gasteiger partial charge in [0.1, 0.15) is 5.75 Å². The molecule has 1 N–H and O–H groups in total. The Labute approximate surface area is 89.2 Å². The third-order valence-electron chi connectivity index (χ3n) is 2.04. The van der Waals surface area contributed by atoms with E-state index in [1.54, 1.807) is 7.11 Å². The van der Waals surface area contributed by atoms with E-state index >= 15 is 0 Å². The molecular formula is C11H15NO3. The van der Waals surface area contributed by atoms with Gasteiger partial charge in [0, 0.05) is 6.54 Å². The van der Waals surface area contributed by atoms with Crippen molar-refractivity contribution in [1.82, 2.24) is 5.32 Å². The van der Waals surface area contributed by atoms with Gasteiger partial charge in [-0.1, -0.05) is 18.2 Å². The molecule has 0 heterocycles. The zero-order chi connectivity index (χ0) is 11.1. The summed E-state index contributed by atoms with van der Waals surface area (Å²) in [7, 11) is 2.98. The molecular weight excluding hydrogens is 194 g/mol. The molecule has 0 spiro atoms. The molecule has 4 nitrogen and oxygen atoms in total. The number of amides is 1. The van der Waals surface area contributed by atoms with Crippen LogP contribution in [0.15, 0.2) is 24.3 Å². The number of hydrogen-bond donors (Lipinski definition) is 1. The molecule has 15 heavy (non-hydrogen) atoms. The molecule has 1 rings (SSSR count). The zero-order valence-electron chi connectivity index (χ0n) is 8.95. The molecule has 0 radical (unpaired) electrons. The molecule has 1 aromatic carbocycles. The van der Waals surface area contributed by atoms with Gasteiger partial charge in [-0.25, -0.2) is 4.79 Å². The van der Waals surface area contributed by atoms with Crippen molar-refractivity contribution in [1.29, 1.82) is 0 Å². The Balaban J connectivity index is 2.46. The number of para-hydroxylation sites is 1. The predicted octanol–water partition coefficient (Wildman–Crippen LogP) is 1.59. The van der Waals surface area contributed by atoms with Gasteiger partial charge in [-0.05, 0) is 18.1 Å². The maximum absolute atomic E-state index is 10.8. The largest absolute Gasteiger partial charge is 0.496 e. The van der Waals surface area contributed by atoms with E-state index in [1.165, 1.54) is 7.11 Å². The molecule has 4 heteroatoms. The van der Waals surface area contributed by atoms with Crippen LogP contribution in [-0.4, -0.2) is 26.9 Å². The number of hydrogen-bond acceptors (Lipinski definition) is 3. The molecule has 0 aliphatic heterocycles. The number of alkyl carbamates (subject to hydrolysis) is 1. The van der Waals surface area contributed by atoms with E-state index in [0.717, 1.165) is 17.7 Å². The Hall–Kier alpha value is -1.71. The van der Waals surface area contributed by atoms with Crippen LogP contribution in [0.4, 0.5) is 4.79 Å². The summed E-state index contributed by atoms with van der Waals surface area (Å²) >= 11 is 0. The number of ether oxygens (including phenoxy) is 2. The second-order valence-electron chi connectivity index (χ2n) is 2.98. The average Bonchev–Trinajstić information content (AvgIpc) is 2.29. The molecule has 1 amide bonds. The minimum atomic E-state index is -0.412. The second kappa shape index (κ2) is 5.90. The Morgan fingerprint density at radius 2 is 2.07 bits per heavy atom. The molecule has 0 aliphatic carbocycles. The van der Waals surface area contributed by atoms with Gasteiger partial charge in [0.25, 0.3) is 0 Å². The molecule has 1 aromatic rings. The molecule has 0 aliphatic rings. The van der Waals surface area contributed by atoms with Gasteiger partial charge in [0.2, 0.25) is 0 Å². The van der Waals surface area contributed by atoms with E-state index in [-0.39, 0.29) is 0 Å². The Morgan fingerprint density at radius 3 is 2.73 bits per heavy atom. The van der Waals surface area contributed by atoms with E-state index in [1.807, 2.05) is 24.3 Å². The molecule has 0 fully saturated rings. The van der Waals surface area contributed by atoms with Crippen LogP contribution in [0.2, 0.25) is 0 Å². The van der Waals surface area contributed by atoms with Gasteiger partial charge in [-0.3, -0.25) is 0 Å². The van der Waals surface area contributed by atoms with Crippen LogP contribution in [0.5, 0.6) is 5.75 Å². The summed E-state index contributed by atoms with van der Waals surface area (Å²) in [6.07, 6.45) is 0.309. The summed E-state index contributed by atoms with van der Waals surface area (Å²) < 4.78 is 9.65. The summed E-state index contributed by atoms with van der Waals surface area (Å²) in [6.45, 7) is 0.535. The van der Waals surface area contributed by atoms with Crippen LogP contribution in [-0.2, 0) is 11.2 Å². The molecule has 0 saturated carbocycles. The van der Waals surface area contributed by atoms with Crippen molar-refractivity contribution < 1.29 is 14.3 Å². The first-order chi connectivity index (χ1) is 7.27. The van der Waals surface area contributed by atoms with Crippen molar-refractivity contribution in [2.75, 3.05) is 20.8 Å². The van der Waals surface area contributed by atoms with Gasteiger partial charge in [0.15, 0.2) is 0 Å². The smallest absolute Gasteiger partial charge is 0.406 e. The number of benzene rings is 1. The van der Waals surface area contributed by atoms with Crippen LogP contribution in [0.3, 0.4) is 0 Å². The monoisotopic (exact) mass is 209 g/mol. The first kappa shape index (κ1) is 11.4. The number of carbonyl (C=O) groups excluding carboxylic acids is 1. The van der Waals surface area contributed by atoms with Gasteiger partial charge >= 0.3 is 6.09 Å². The Bertz CT molecular complexity index is 325. The van der Waals surface area contributed by atoms with Crippen molar-refractivity contribution >= 4 is 6.09 Å². The predicted molar refractivity (Wildman–Crippen MR) is 57.1 cm³/mol. The maximum atomic E-state index is 10.8. The SMILES string of the molecule is COC(=O)NCCc1ccccc1OC. The highest BCUT2D eigenvalue weighted by Gasteiger charge is 2.02. The molecule has 0 atom stereocenters. The van der Waals surface area contributed by atoms with Gasteiger partial charge in [-0.2, -0.15) is 0 Å². The van der Waals surface area contributed by atoms with Crippen molar-refractivity contribution in [3.05, 3.63) is 29.8 Å². The molecule has 82 valence electrons. The molecule has 0 saturated heterocycles. The quantitative estimate of drug-likeness (QED) is 0.819. The highest BCUT2D eigenvalue weighted by Crippen LogP contribution is 2.17. The van der Waals surface area contributed by atoms with E-state index in [0.29, 0.717) is 6.54 Å². The summed E-state index contributed by atoms with van der Waals surface area (Å²) in [6, 6.07) is 7.72. The lowest BCUT2D eigenvalue weighted by molar-refractivity contribution is 0.171. The first-order valence-electron chi connectivity index (χ1n) is 4.71. The lowest BCUT2D eigenvalue weighted by atomic mass is 10.1. The van der Waals surface area contributed by atoms with Crippen LogP contribution in [0, 0.1) is 0 Å². The minimum absolute atomic E-state index is 0.412. The van der Waals surface area contributed by atoms with Crippen LogP contribution < -0.4 is 10.1 Å². The third-order valence-corrected chi connectivity index (χ3v) is 2.04. The van der Waals surface area contributed by atoms with E-state index < -0.39 is 6.09 Å². The highest BCUT2D eigenvalue weighted by molar-refractivity contribution is 5.66. The lowest BCUT2D eigenvalue weighted by Crippen LogP contribution is -2.25. The third kappa shape index (κ3) is 3.50. The van der Waals surface area contributed by atoms with E-state index in [4.69, 9.17) is 4.74 Å².